The van der Waals surface area contributed by atoms with Crippen molar-refractivity contribution < 1.29 is 4.79 Å². The second-order valence-corrected chi connectivity index (χ2v) is 3.80. The first-order valence-electron chi connectivity index (χ1n) is 4.82. The fourth-order valence-electron chi connectivity index (χ4n) is 2.27. The Balaban J connectivity index is 2.65. The molecule has 0 unspecified atom stereocenters. The largest absolute Gasteiger partial charge is 0.294 e. The average molecular weight is 174 g/mol. The van der Waals surface area contributed by atoms with Gasteiger partial charge in [0, 0.05) is 5.56 Å². The molecule has 2 rings (SSSR count). The quantitative estimate of drug-likeness (QED) is 0.598. The molecule has 1 nitrogen and oxygen atoms in total. The molecular weight excluding hydrogens is 160 g/mol. The molecule has 0 heterocycles. The molecule has 0 saturated heterocycles. The highest BCUT2D eigenvalue weighted by Crippen LogP contribution is 2.27. The number of rotatable bonds is 1. The molecule has 1 aromatic carbocycles. The van der Waals surface area contributed by atoms with Gasteiger partial charge in [-0.1, -0.05) is 12.1 Å². The Morgan fingerprint density at radius 2 is 2.08 bits per heavy atom. The minimum absolute atomic E-state index is 0.219. The molecule has 0 bridgehead atoms. The van der Waals surface area contributed by atoms with Crippen LogP contribution in [-0.2, 0) is 12.8 Å². The standard InChI is InChI=1S/C12H14O/c1-8-6-7-10-4-3-5-11(10)12(8)9(2)13/h6-7H,3-5H2,1-2H3. The van der Waals surface area contributed by atoms with Gasteiger partial charge in [-0.3, -0.25) is 4.79 Å². The predicted octanol–water partition coefficient (Wildman–Crippen LogP) is 2.69. The Morgan fingerprint density at radius 3 is 2.77 bits per heavy atom. The zero-order valence-corrected chi connectivity index (χ0v) is 8.18. The van der Waals surface area contributed by atoms with Crippen LogP contribution in [0.5, 0.6) is 0 Å². The molecule has 0 aromatic heterocycles. The molecule has 0 N–H and O–H groups in total. The zero-order valence-electron chi connectivity index (χ0n) is 8.18. The minimum Gasteiger partial charge on any atom is -0.294 e. The molecule has 1 aromatic rings. The lowest BCUT2D eigenvalue weighted by atomic mass is 9.96. The SMILES string of the molecule is CC(=O)c1c(C)ccc2c1CCC2. The van der Waals surface area contributed by atoms with E-state index in [4.69, 9.17) is 0 Å². The van der Waals surface area contributed by atoms with Crippen molar-refractivity contribution in [2.75, 3.05) is 0 Å². The van der Waals surface area contributed by atoms with Gasteiger partial charge in [0.25, 0.3) is 0 Å². The lowest BCUT2D eigenvalue weighted by Gasteiger charge is -2.08. The number of hydrogen-bond acceptors (Lipinski definition) is 1. The summed E-state index contributed by atoms with van der Waals surface area (Å²) in [6.07, 6.45) is 3.45. The number of hydrogen-bond donors (Lipinski definition) is 0. The van der Waals surface area contributed by atoms with Gasteiger partial charge >= 0.3 is 0 Å². The number of carbonyl (C=O) groups is 1. The zero-order chi connectivity index (χ0) is 9.42. The molecular formula is C12H14O. The summed E-state index contributed by atoms with van der Waals surface area (Å²) in [5.74, 6) is 0.219. The van der Waals surface area contributed by atoms with E-state index in [-0.39, 0.29) is 5.78 Å². The van der Waals surface area contributed by atoms with Crippen molar-refractivity contribution in [3.05, 3.63) is 34.4 Å². The summed E-state index contributed by atoms with van der Waals surface area (Å²) in [6, 6.07) is 4.24. The normalized spacial score (nSPS) is 14.3. The highest BCUT2D eigenvalue weighted by atomic mass is 16.1. The van der Waals surface area contributed by atoms with Gasteiger partial charge < -0.3 is 0 Å². The van der Waals surface area contributed by atoms with Gasteiger partial charge in [0.2, 0.25) is 0 Å². The fraction of sp³-hybridized carbons (Fsp3) is 0.417. The summed E-state index contributed by atoms with van der Waals surface area (Å²) < 4.78 is 0. The number of fused-ring (bicyclic) bond motifs is 1. The predicted molar refractivity (Wildman–Crippen MR) is 53.2 cm³/mol. The Labute approximate surface area is 78.8 Å². The third-order valence-corrected chi connectivity index (χ3v) is 2.84. The van der Waals surface area contributed by atoms with Crippen LogP contribution in [0.4, 0.5) is 0 Å². The highest BCUT2D eigenvalue weighted by Gasteiger charge is 2.18. The Morgan fingerprint density at radius 1 is 1.31 bits per heavy atom. The lowest BCUT2D eigenvalue weighted by Crippen LogP contribution is -2.02. The second-order valence-electron chi connectivity index (χ2n) is 3.80. The van der Waals surface area contributed by atoms with E-state index in [0.717, 1.165) is 24.0 Å². The van der Waals surface area contributed by atoms with Gasteiger partial charge in [0.1, 0.15) is 0 Å². The highest BCUT2D eigenvalue weighted by molar-refractivity contribution is 5.97. The van der Waals surface area contributed by atoms with Gasteiger partial charge in [-0.05, 0) is 49.8 Å². The van der Waals surface area contributed by atoms with Gasteiger partial charge in [0.15, 0.2) is 5.78 Å². The monoisotopic (exact) mass is 174 g/mol. The third kappa shape index (κ3) is 1.28. The van der Waals surface area contributed by atoms with Crippen molar-refractivity contribution in [1.82, 2.24) is 0 Å². The van der Waals surface area contributed by atoms with Gasteiger partial charge in [0.05, 0.1) is 0 Å². The number of benzene rings is 1. The van der Waals surface area contributed by atoms with Crippen LogP contribution in [0, 0.1) is 6.92 Å². The van der Waals surface area contributed by atoms with E-state index in [0.29, 0.717) is 0 Å². The molecule has 0 amide bonds. The molecule has 0 fully saturated rings. The Hall–Kier alpha value is -1.11. The van der Waals surface area contributed by atoms with E-state index in [1.165, 1.54) is 17.5 Å². The van der Waals surface area contributed by atoms with Crippen molar-refractivity contribution in [2.24, 2.45) is 0 Å². The first kappa shape index (κ1) is 8.49. The fourth-order valence-corrected chi connectivity index (χ4v) is 2.27. The molecule has 0 spiro atoms. The van der Waals surface area contributed by atoms with Crippen LogP contribution in [0.3, 0.4) is 0 Å². The topological polar surface area (TPSA) is 17.1 Å². The molecule has 1 heteroatoms. The van der Waals surface area contributed by atoms with E-state index in [1.807, 2.05) is 6.92 Å². The van der Waals surface area contributed by atoms with Gasteiger partial charge in [-0.2, -0.15) is 0 Å². The van der Waals surface area contributed by atoms with Crippen molar-refractivity contribution in [2.45, 2.75) is 33.1 Å². The number of Topliss-reactive ketones (excluding diaryl/α,β-unsaturated/α-hetero) is 1. The molecule has 0 saturated carbocycles. The smallest absolute Gasteiger partial charge is 0.160 e. The van der Waals surface area contributed by atoms with Crippen LogP contribution in [-0.4, -0.2) is 5.78 Å². The Kier molecular flexibility index (Phi) is 1.95. The maximum Gasteiger partial charge on any atom is 0.160 e. The van der Waals surface area contributed by atoms with Crippen LogP contribution in [0.1, 0.15) is 40.4 Å². The maximum atomic E-state index is 11.4. The Bertz CT molecular complexity index is 364. The molecule has 1 aliphatic carbocycles. The van der Waals surface area contributed by atoms with E-state index < -0.39 is 0 Å². The van der Waals surface area contributed by atoms with E-state index in [9.17, 15) is 4.79 Å². The van der Waals surface area contributed by atoms with Crippen LogP contribution in [0.2, 0.25) is 0 Å². The third-order valence-electron chi connectivity index (χ3n) is 2.84. The first-order chi connectivity index (χ1) is 6.20. The summed E-state index contributed by atoms with van der Waals surface area (Å²) in [7, 11) is 0. The first-order valence-corrected chi connectivity index (χ1v) is 4.82. The van der Waals surface area contributed by atoms with E-state index >= 15 is 0 Å². The molecule has 68 valence electrons. The molecule has 0 atom stereocenters. The van der Waals surface area contributed by atoms with Gasteiger partial charge in [-0.15, -0.1) is 0 Å². The summed E-state index contributed by atoms with van der Waals surface area (Å²) in [4.78, 5) is 11.4. The van der Waals surface area contributed by atoms with Crippen LogP contribution < -0.4 is 0 Å². The molecule has 0 radical (unpaired) electrons. The van der Waals surface area contributed by atoms with Crippen molar-refractivity contribution in [3.8, 4) is 0 Å². The summed E-state index contributed by atoms with van der Waals surface area (Å²) >= 11 is 0. The molecule has 13 heavy (non-hydrogen) atoms. The second kappa shape index (κ2) is 2.99. The average Bonchev–Trinajstić information content (AvgIpc) is 2.50. The lowest BCUT2D eigenvalue weighted by molar-refractivity contribution is 0.101. The van der Waals surface area contributed by atoms with Crippen LogP contribution in [0.25, 0.3) is 0 Å². The van der Waals surface area contributed by atoms with Crippen molar-refractivity contribution in [1.29, 1.82) is 0 Å². The van der Waals surface area contributed by atoms with Gasteiger partial charge in [-0.25, -0.2) is 0 Å². The maximum absolute atomic E-state index is 11.4. The summed E-state index contributed by atoms with van der Waals surface area (Å²) in [5, 5.41) is 0. The van der Waals surface area contributed by atoms with E-state index in [1.54, 1.807) is 6.92 Å². The summed E-state index contributed by atoms with van der Waals surface area (Å²) in [6.45, 7) is 3.69. The number of aryl methyl sites for hydroxylation is 2. The van der Waals surface area contributed by atoms with Crippen LogP contribution >= 0.6 is 0 Å². The van der Waals surface area contributed by atoms with Crippen LogP contribution in [0.15, 0.2) is 12.1 Å². The number of carbonyl (C=O) groups excluding carboxylic acids is 1. The van der Waals surface area contributed by atoms with Crippen molar-refractivity contribution in [3.63, 3.8) is 0 Å². The molecule has 0 aliphatic heterocycles. The van der Waals surface area contributed by atoms with E-state index in [2.05, 4.69) is 12.1 Å². The van der Waals surface area contributed by atoms with Crippen molar-refractivity contribution >= 4 is 5.78 Å². The summed E-state index contributed by atoms with van der Waals surface area (Å²) in [5.41, 5.74) is 4.81. The number of ketones is 1. The molecule has 1 aliphatic rings. The minimum atomic E-state index is 0.219.